The van der Waals surface area contributed by atoms with Gasteiger partial charge in [-0.2, -0.15) is 0 Å². The van der Waals surface area contributed by atoms with E-state index in [1.54, 1.807) is 0 Å². The van der Waals surface area contributed by atoms with Gasteiger partial charge in [-0.3, -0.25) is 0 Å². The molecule has 5 aromatic heterocycles. The Labute approximate surface area is 694 Å². The number of para-hydroxylation sites is 4. The van der Waals surface area contributed by atoms with Gasteiger partial charge in [-0.1, -0.05) is 204 Å². The van der Waals surface area contributed by atoms with Crippen molar-refractivity contribution in [2.24, 2.45) is 0 Å². The topological polar surface area (TPSA) is 197 Å². The number of fused-ring (bicyclic) bond motifs is 26. The number of ether oxygens (including phenoxy) is 4. The van der Waals surface area contributed by atoms with Crippen molar-refractivity contribution in [3.05, 3.63) is 237 Å². The van der Waals surface area contributed by atoms with Crippen molar-refractivity contribution < 1.29 is 18.9 Å². The Bertz CT molecular complexity index is 7860. The maximum Gasteiger partial charge on any atom is 0.184 e. The van der Waals surface area contributed by atoms with Gasteiger partial charge in [0.2, 0.25) is 0 Å². The Hall–Kier alpha value is -13.6. The number of aromatic amines is 2. The second-order valence-electron chi connectivity index (χ2n) is 37.4. The molecule has 2 N–H and O–H groups in total. The molecule has 21 rings (SSSR count). The van der Waals surface area contributed by atoms with Crippen LogP contribution >= 0.6 is 0 Å². The summed E-state index contributed by atoms with van der Waals surface area (Å²) in [6.45, 7) is 43.5. The van der Waals surface area contributed by atoms with E-state index in [2.05, 4.69) is 270 Å². The smallest absolute Gasteiger partial charge is 0.184 e. The lowest BCUT2D eigenvalue weighted by Gasteiger charge is -2.24. The first-order chi connectivity index (χ1) is 57.2. The van der Waals surface area contributed by atoms with E-state index in [0.29, 0.717) is 147 Å². The summed E-state index contributed by atoms with van der Waals surface area (Å²) in [6, 6.07) is 60.2. The first-order valence-electron chi connectivity index (χ1n) is 41.3. The van der Waals surface area contributed by atoms with Crippen molar-refractivity contribution in [2.75, 3.05) is 0 Å². The number of hydrogen-bond acceptors (Lipinski definition) is 14. The van der Waals surface area contributed by atoms with E-state index < -0.39 is 0 Å². The molecule has 14 aromatic carbocycles. The van der Waals surface area contributed by atoms with Crippen molar-refractivity contribution >= 4 is 131 Å². The molecule has 0 fully saturated rings. The van der Waals surface area contributed by atoms with Crippen LogP contribution in [0.25, 0.3) is 177 Å². The van der Waals surface area contributed by atoms with Crippen LogP contribution in [0.15, 0.2) is 170 Å². The summed E-state index contributed by atoms with van der Waals surface area (Å²) in [4.78, 5) is 65.8. The van der Waals surface area contributed by atoms with Crippen LogP contribution in [-0.2, 0) is 21.7 Å². The molecule has 0 aliphatic carbocycles. The van der Waals surface area contributed by atoms with E-state index in [-0.39, 0.29) is 33.3 Å². The number of nitrogens with one attached hydrogen (secondary N) is 2. The first-order valence-corrected chi connectivity index (χ1v) is 41.3. The lowest BCUT2D eigenvalue weighted by molar-refractivity contribution is 0.413. The Balaban J connectivity index is 0.953. The fourth-order valence-corrected chi connectivity index (χ4v) is 17.9. The zero-order valence-electron chi connectivity index (χ0n) is 71.3. The molecule has 0 radical (unpaired) electrons. The summed E-state index contributed by atoms with van der Waals surface area (Å²) in [6.07, 6.45) is 0. The van der Waals surface area contributed by atoms with Crippen LogP contribution in [-0.4, -0.2) is 59.8 Å². The molecule has 0 spiro atoms. The highest BCUT2D eigenvalue weighted by Crippen LogP contribution is 2.52. The number of H-pyrrole nitrogens is 2. The largest absolute Gasteiger partial charge is 0.453 e. The van der Waals surface area contributed by atoms with Gasteiger partial charge < -0.3 is 28.9 Å². The van der Waals surface area contributed by atoms with Gasteiger partial charge in [-0.05, 0) is 235 Å². The summed E-state index contributed by atoms with van der Waals surface area (Å²) in [5.41, 5.74) is 18.5. The highest BCUT2D eigenvalue weighted by molar-refractivity contribution is 6.35. The quantitative estimate of drug-likeness (QED) is 0.108. The van der Waals surface area contributed by atoms with Gasteiger partial charge in [0.15, 0.2) is 57.6 Å². The minimum atomic E-state index is -0.231. The van der Waals surface area contributed by atoms with Gasteiger partial charge in [0, 0.05) is 43.4 Å². The van der Waals surface area contributed by atoms with Crippen LogP contribution in [0, 0.1) is 55.4 Å². The molecule has 0 saturated carbocycles. The molecular formula is C104H90N12O4. The minimum Gasteiger partial charge on any atom is -0.453 e. The van der Waals surface area contributed by atoms with Crippen LogP contribution < -0.4 is 18.9 Å². The second kappa shape index (κ2) is 26.0. The van der Waals surface area contributed by atoms with Crippen molar-refractivity contribution in [3.8, 4) is 91.8 Å². The van der Waals surface area contributed by atoms with Crippen molar-refractivity contribution in [2.45, 2.75) is 160 Å². The number of nitrogens with zero attached hydrogens (tertiary/aromatic N) is 10. The van der Waals surface area contributed by atoms with E-state index in [4.69, 9.17) is 68.8 Å². The van der Waals surface area contributed by atoms with Gasteiger partial charge >= 0.3 is 0 Å². The standard InChI is InChI=1S/C104H90N12O4/c1-49-25-21-26-50(2)89(49)117-73-45-65-67(47-75(73)119-91-53(5)29-23-30-54(91)6)95-110-93(65)109-94-66-46-74(118-90-51(3)27-22-28-52(90)4)76(120-92-55(7)31-24-32-56(92)8)48-68(66)96(111-94)113-98-86-88(108-84-72-44-64(104(18,19)20)40-60-36-34-58-38-62(102(12,13)14)42-70(82(84)106-86)78(58)80(60)72)100(115-98)116-99-87-85(97(112-95)114-99)105-81-69-41-61(101(9,10)11)37-57-33-35-59-39-63(103(15,16)17)43-71(83(81)107-87)79(59)77(57)69/h21-48H,1-20H3,(H2,109,110,111,112,113,114,115,116). The lowest BCUT2D eigenvalue weighted by atomic mass is 9.80. The molecule has 16 nitrogen and oxygen atoms in total. The van der Waals surface area contributed by atoms with E-state index in [1.165, 1.54) is 22.3 Å². The highest BCUT2D eigenvalue weighted by atomic mass is 16.5. The molecule has 0 amide bonds. The van der Waals surface area contributed by atoms with Gasteiger partial charge in [0.1, 0.15) is 56.7 Å². The summed E-state index contributed by atoms with van der Waals surface area (Å²) < 4.78 is 29.0. The van der Waals surface area contributed by atoms with E-state index in [9.17, 15) is 0 Å². The molecule has 120 heavy (non-hydrogen) atoms. The Kier molecular flexibility index (Phi) is 16.0. The number of hydrogen-bond donors (Lipinski definition) is 2. The third-order valence-electron chi connectivity index (χ3n) is 24.6. The first kappa shape index (κ1) is 74.0. The minimum absolute atomic E-state index is 0.230. The average molecular weight is 1570 g/mol. The van der Waals surface area contributed by atoms with E-state index in [0.717, 1.165) is 109 Å². The average Bonchev–Trinajstić information content (AvgIpc) is 1.04. The molecular weight excluding hydrogens is 1480 g/mol. The van der Waals surface area contributed by atoms with Crippen molar-refractivity contribution in [1.29, 1.82) is 0 Å². The summed E-state index contributed by atoms with van der Waals surface area (Å²) in [7, 11) is 0. The molecule has 590 valence electrons. The van der Waals surface area contributed by atoms with Gasteiger partial charge in [-0.25, -0.2) is 49.8 Å². The summed E-state index contributed by atoms with van der Waals surface area (Å²) in [5, 5.41) is 14.1. The monoisotopic (exact) mass is 1570 g/mol. The van der Waals surface area contributed by atoms with E-state index in [1.807, 2.05) is 48.5 Å². The van der Waals surface area contributed by atoms with Gasteiger partial charge in [-0.15, -0.1) is 0 Å². The normalized spacial score (nSPS) is 12.8. The molecule has 2 aliphatic heterocycles. The molecule has 16 heteroatoms. The van der Waals surface area contributed by atoms with Crippen LogP contribution in [0.1, 0.15) is 150 Å². The third kappa shape index (κ3) is 11.7. The molecule has 8 bridgehead atoms. The molecule has 7 heterocycles. The second-order valence-corrected chi connectivity index (χ2v) is 37.4. The predicted molar refractivity (Wildman–Crippen MR) is 488 cm³/mol. The molecule has 0 atom stereocenters. The SMILES string of the molecule is Cc1cccc(C)c1Oc1cc2c(cc1Oc1c(C)cccc1C)-c1nc-2nc2[nH]c(nc3nc(nc4[nH]c(n1)c1nc5c6cc(C(C)(C)C)cc7ccc8cc(C(C)(C)C)cc(c5nc41)c8c76)-c1nc4c5cc(C(C)(C)C)cc6ccc7cc(C(C)(C)C)cc(c4nc1-3)c7c65)c1cc(Oc3c(C)cccc3C)c(Oc3c(C)cccc3C)cc21. The van der Waals surface area contributed by atoms with Gasteiger partial charge in [0.25, 0.3) is 0 Å². The number of aromatic nitrogens is 12. The third-order valence-corrected chi connectivity index (χ3v) is 24.6. The highest BCUT2D eigenvalue weighted by Gasteiger charge is 2.34. The van der Waals surface area contributed by atoms with Crippen LogP contribution in [0.2, 0.25) is 0 Å². The fourth-order valence-electron chi connectivity index (χ4n) is 17.9. The number of aryl methyl sites for hydroxylation is 8. The Morgan fingerprint density at radius 3 is 0.783 bits per heavy atom. The molecule has 19 aromatic rings. The Morgan fingerprint density at radius 2 is 0.483 bits per heavy atom. The van der Waals surface area contributed by atoms with Crippen LogP contribution in [0.5, 0.6) is 46.0 Å². The predicted octanol–water partition coefficient (Wildman–Crippen LogP) is 27.4. The molecule has 0 unspecified atom stereocenters. The zero-order chi connectivity index (χ0) is 83.1. The molecule has 0 saturated heterocycles. The number of rotatable bonds is 8. The molecule has 2 aliphatic rings. The van der Waals surface area contributed by atoms with Crippen molar-refractivity contribution in [3.63, 3.8) is 0 Å². The van der Waals surface area contributed by atoms with E-state index >= 15 is 0 Å². The maximum atomic E-state index is 7.25. The fraction of sp³-hybridized carbons (Fsp3) is 0.231. The Morgan fingerprint density at radius 1 is 0.233 bits per heavy atom. The summed E-state index contributed by atoms with van der Waals surface area (Å²) in [5.74, 6) is 5.59. The summed E-state index contributed by atoms with van der Waals surface area (Å²) >= 11 is 0. The lowest BCUT2D eigenvalue weighted by Crippen LogP contribution is -2.12. The maximum absolute atomic E-state index is 7.25. The van der Waals surface area contributed by atoms with Gasteiger partial charge in [0.05, 0.1) is 22.1 Å². The number of benzene rings is 14. The van der Waals surface area contributed by atoms with Crippen molar-refractivity contribution in [1.82, 2.24) is 59.8 Å². The zero-order valence-corrected chi connectivity index (χ0v) is 71.3. The van der Waals surface area contributed by atoms with Crippen LogP contribution in [0.4, 0.5) is 0 Å². The van der Waals surface area contributed by atoms with Crippen LogP contribution in [0.3, 0.4) is 0 Å².